The molecule has 0 N–H and O–H groups in total. The highest BCUT2D eigenvalue weighted by molar-refractivity contribution is 6.26. The largest absolute Gasteiger partial charge is 0.314 e. The molecule has 9 aromatic rings. The van der Waals surface area contributed by atoms with Gasteiger partial charge in [-0.2, -0.15) is 0 Å². The fourth-order valence-corrected chi connectivity index (χ4v) is 11.5. The van der Waals surface area contributed by atoms with E-state index in [2.05, 4.69) is 232 Å². The molecule has 2 heteroatoms. The van der Waals surface area contributed by atoms with Crippen LogP contribution in [0.4, 0.5) is 28.4 Å². The Kier molecular flexibility index (Phi) is 9.68. The first-order valence-corrected chi connectivity index (χ1v) is 23.9. The normalized spacial score (nSPS) is 15.0. The lowest BCUT2D eigenvalue weighted by Crippen LogP contribution is -2.20. The predicted molar refractivity (Wildman–Crippen MR) is 283 cm³/mol. The van der Waals surface area contributed by atoms with E-state index >= 15 is 0 Å². The van der Waals surface area contributed by atoms with Gasteiger partial charge in [-0.25, -0.2) is 0 Å². The zero-order valence-electron chi connectivity index (χ0n) is 38.4. The number of hydrogen-bond acceptors (Lipinski definition) is 2. The Hall–Kier alpha value is -7.42. The summed E-state index contributed by atoms with van der Waals surface area (Å²) < 4.78 is 0. The molecular formula is C64H54N2. The van der Waals surface area contributed by atoms with Gasteiger partial charge in [-0.05, 0) is 176 Å². The Bertz CT molecular complexity index is 3500. The maximum Gasteiger partial charge on any atom is 0.0493 e. The Morgan fingerprint density at radius 1 is 0.561 bits per heavy atom. The van der Waals surface area contributed by atoms with Crippen molar-refractivity contribution in [3.05, 3.63) is 232 Å². The molecule has 0 aromatic heterocycles. The van der Waals surface area contributed by atoms with Gasteiger partial charge in [0.15, 0.2) is 0 Å². The lowest BCUT2D eigenvalue weighted by molar-refractivity contribution is 0.660. The SMILES string of the molecule is CCc1ccccc1N(c1ccc2c3ccc(/C=C/c4ccc5c(c4)C(C)(C)c4cc(N6C7=C(C=CCC7)CCc7ccccc76)ccc4-5)cc3c3ccccc3c2c1)c1ccccc1C. The van der Waals surface area contributed by atoms with E-state index in [9.17, 15) is 0 Å². The molecule has 1 heterocycles. The lowest BCUT2D eigenvalue weighted by atomic mass is 9.81. The standard InChI is InChI=1S/C64H54N2/c1-5-45-17-7-13-23-61(45)65(60-22-12-6-16-42(60)2)48-32-36-53-52-34-28-43(38-56(52)50-20-10-11-21-51(50)57(53)40-48)26-27-44-29-35-54-55-37-33-49(41-59(55)64(3,4)58(54)39-44)66-62-24-14-8-18-46(62)30-31-47-19-9-15-25-63(47)66/h6-14,16-24,26-29,32-41H,5,15,25,30-31H2,1-4H3/b27-26+. The number of para-hydroxylation sites is 3. The maximum absolute atomic E-state index is 2.58. The average Bonchev–Trinajstić information content (AvgIpc) is 3.46. The Morgan fingerprint density at radius 3 is 2.00 bits per heavy atom. The van der Waals surface area contributed by atoms with Crippen LogP contribution in [0.1, 0.15) is 79.0 Å². The average molecular weight is 851 g/mol. The molecule has 66 heavy (non-hydrogen) atoms. The van der Waals surface area contributed by atoms with E-state index in [0.29, 0.717) is 0 Å². The number of anilines is 5. The van der Waals surface area contributed by atoms with Crippen molar-refractivity contribution in [2.75, 3.05) is 9.80 Å². The van der Waals surface area contributed by atoms with Crippen LogP contribution < -0.4 is 9.80 Å². The van der Waals surface area contributed by atoms with E-state index in [1.54, 1.807) is 0 Å². The minimum absolute atomic E-state index is 0.140. The summed E-state index contributed by atoms with van der Waals surface area (Å²) in [6.07, 6.45) is 14.6. The van der Waals surface area contributed by atoms with Gasteiger partial charge >= 0.3 is 0 Å². The van der Waals surface area contributed by atoms with Crippen LogP contribution in [-0.2, 0) is 18.3 Å². The number of benzene rings is 9. The summed E-state index contributed by atoms with van der Waals surface area (Å²) in [5.74, 6) is 0. The van der Waals surface area contributed by atoms with Gasteiger partial charge < -0.3 is 9.80 Å². The van der Waals surface area contributed by atoms with Crippen molar-refractivity contribution in [3.8, 4) is 11.1 Å². The van der Waals surface area contributed by atoms with Crippen LogP contribution in [0.2, 0.25) is 0 Å². The van der Waals surface area contributed by atoms with Crippen LogP contribution in [0, 0.1) is 6.92 Å². The van der Waals surface area contributed by atoms with E-state index < -0.39 is 0 Å². The molecule has 0 spiro atoms. The zero-order chi connectivity index (χ0) is 44.5. The van der Waals surface area contributed by atoms with Crippen molar-refractivity contribution in [2.24, 2.45) is 0 Å². The monoisotopic (exact) mass is 850 g/mol. The summed E-state index contributed by atoms with van der Waals surface area (Å²) in [6.45, 7) is 9.27. The highest BCUT2D eigenvalue weighted by Crippen LogP contribution is 2.52. The van der Waals surface area contributed by atoms with Gasteiger partial charge in [-0.3, -0.25) is 0 Å². The van der Waals surface area contributed by atoms with Crippen LogP contribution in [0.15, 0.2) is 193 Å². The smallest absolute Gasteiger partial charge is 0.0493 e. The molecule has 0 atom stereocenters. The third-order valence-electron chi connectivity index (χ3n) is 14.9. The molecule has 12 rings (SSSR count). The molecule has 0 radical (unpaired) electrons. The van der Waals surface area contributed by atoms with Gasteiger partial charge in [0.25, 0.3) is 0 Å². The van der Waals surface area contributed by atoms with Crippen LogP contribution >= 0.6 is 0 Å². The molecule has 0 fully saturated rings. The molecular weight excluding hydrogens is 797 g/mol. The van der Waals surface area contributed by atoms with Crippen molar-refractivity contribution in [1.29, 1.82) is 0 Å². The first-order chi connectivity index (χ1) is 32.4. The predicted octanol–water partition coefficient (Wildman–Crippen LogP) is 17.7. The Labute approximate surface area is 389 Å². The summed E-state index contributed by atoms with van der Waals surface area (Å²) >= 11 is 0. The quantitative estimate of drug-likeness (QED) is 0.116. The van der Waals surface area contributed by atoms with Crippen LogP contribution in [0.3, 0.4) is 0 Å². The highest BCUT2D eigenvalue weighted by Gasteiger charge is 2.37. The minimum atomic E-state index is -0.140. The van der Waals surface area contributed by atoms with E-state index in [-0.39, 0.29) is 5.41 Å². The second-order valence-electron chi connectivity index (χ2n) is 19.1. The van der Waals surface area contributed by atoms with E-state index in [1.807, 2.05) is 0 Å². The Balaban J connectivity index is 0.894. The van der Waals surface area contributed by atoms with E-state index in [4.69, 9.17) is 0 Å². The third-order valence-corrected chi connectivity index (χ3v) is 14.9. The number of fused-ring (bicyclic) bond motifs is 10. The van der Waals surface area contributed by atoms with Crippen LogP contribution in [0.5, 0.6) is 0 Å². The number of rotatable bonds is 7. The van der Waals surface area contributed by atoms with Crippen LogP contribution in [0.25, 0.3) is 55.6 Å². The van der Waals surface area contributed by atoms with Gasteiger partial charge in [-0.15, -0.1) is 0 Å². The topological polar surface area (TPSA) is 6.48 Å². The summed E-state index contributed by atoms with van der Waals surface area (Å²) in [7, 11) is 0. The van der Waals surface area contributed by atoms with Gasteiger partial charge in [0.05, 0.1) is 0 Å². The fraction of sp³-hybridized carbons (Fsp3) is 0.156. The van der Waals surface area contributed by atoms with Crippen molar-refractivity contribution in [2.45, 2.75) is 65.2 Å². The molecule has 9 aromatic carbocycles. The number of nitrogens with zero attached hydrogens (tertiary/aromatic N) is 2. The molecule has 320 valence electrons. The molecule has 0 saturated heterocycles. The molecule has 1 aliphatic heterocycles. The van der Waals surface area contributed by atoms with Gasteiger partial charge in [0.2, 0.25) is 0 Å². The summed E-state index contributed by atoms with van der Waals surface area (Å²) in [6, 6.07) is 63.9. The summed E-state index contributed by atoms with van der Waals surface area (Å²) in [5, 5.41) is 7.64. The lowest BCUT2D eigenvalue weighted by Gasteiger charge is -2.32. The fourth-order valence-electron chi connectivity index (χ4n) is 11.5. The number of allylic oxidation sites excluding steroid dienone is 4. The van der Waals surface area contributed by atoms with Crippen LogP contribution in [-0.4, -0.2) is 0 Å². The van der Waals surface area contributed by atoms with Crippen molar-refractivity contribution >= 4 is 72.9 Å². The summed E-state index contributed by atoms with van der Waals surface area (Å²) in [4.78, 5) is 5.03. The van der Waals surface area contributed by atoms with Crippen molar-refractivity contribution < 1.29 is 0 Å². The van der Waals surface area contributed by atoms with Crippen molar-refractivity contribution in [1.82, 2.24) is 0 Å². The van der Waals surface area contributed by atoms with Gasteiger partial charge in [0, 0.05) is 39.5 Å². The molecule has 0 amide bonds. The second-order valence-corrected chi connectivity index (χ2v) is 19.1. The minimum Gasteiger partial charge on any atom is -0.314 e. The second kappa shape index (κ2) is 15.9. The maximum atomic E-state index is 2.58. The first kappa shape index (κ1) is 40.1. The third kappa shape index (κ3) is 6.53. The first-order valence-electron chi connectivity index (χ1n) is 23.9. The molecule has 0 bridgehead atoms. The summed E-state index contributed by atoms with van der Waals surface area (Å²) in [5.41, 5.74) is 20.9. The van der Waals surface area contributed by atoms with Crippen molar-refractivity contribution in [3.63, 3.8) is 0 Å². The molecule has 2 aliphatic carbocycles. The van der Waals surface area contributed by atoms with E-state index in [0.717, 1.165) is 32.1 Å². The highest BCUT2D eigenvalue weighted by atomic mass is 15.2. The van der Waals surface area contributed by atoms with E-state index in [1.165, 1.54) is 122 Å². The van der Waals surface area contributed by atoms with Gasteiger partial charge in [-0.1, -0.05) is 166 Å². The molecule has 2 nitrogen and oxygen atoms in total. The van der Waals surface area contributed by atoms with Gasteiger partial charge in [0.1, 0.15) is 0 Å². The number of hydrogen-bond donors (Lipinski definition) is 0. The Morgan fingerprint density at radius 2 is 1.20 bits per heavy atom. The number of aryl methyl sites for hydroxylation is 3. The molecule has 3 aliphatic rings. The zero-order valence-corrected chi connectivity index (χ0v) is 38.4. The molecule has 0 unspecified atom stereocenters. The molecule has 0 saturated carbocycles.